The summed E-state index contributed by atoms with van der Waals surface area (Å²) in [6.07, 6.45) is -4.62. The molecule has 0 radical (unpaired) electrons. The number of hydrogen-bond acceptors (Lipinski definition) is 2. The van der Waals surface area contributed by atoms with Crippen LogP contribution in [0.3, 0.4) is 0 Å². The highest BCUT2D eigenvalue weighted by molar-refractivity contribution is 9.10. The molecule has 1 N–H and O–H groups in total. The van der Waals surface area contributed by atoms with Gasteiger partial charge in [0.15, 0.2) is 0 Å². The summed E-state index contributed by atoms with van der Waals surface area (Å²) in [4.78, 5) is 0. The van der Waals surface area contributed by atoms with E-state index in [0.29, 0.717) is 15.2 Å². The zero-order valence-corrected chi connectivity index (χ0v) is 11.3. The van der Waals surface area contributed by atoms with E-state index in [0.717, 1.165) is 0 Å². The minimum Gasteiger partial charge on any atom is -0.381 e. The predicted molar refractivity (Wildman–Crippen MR) is 64.7 cm³/mol. The summed E-state index contributed by atoms with van der Waals surface area (Å²) in [5.41, 5.74) is 0.450. The van der Waals surface area contributed by atoms with Crippen LogP contribution in [0.25, 0.3) is 0 Å². The third-order valence-corrected chi connectivity index (χ3v) is 3.49. The van der Waals surface area contributed by atoms with Gasteiger partial charge in [0.2, 0.25) is 0 Å². The Labute approximate surface area is 114 Å². The zero-order chi connectivity index (χ0) is 13.1. The Morgan fingerprint density at radius 1 is 1.24 bits per heavy atom. The van der Waals surface area contributed by atoms with Crippen LogP contribution in [-0.4, -0.2) is 19.5 Å². The fourth-order valence-electron chi connectivity index (χ4n) is 1.01. The molecule has 17 heavy (non-hydrogen) atoms. The van der Waals surface area contributed by atoms with E-state index in [1.807, 2.05) is 0 Å². The first-order valence-electron chi connectivity index (χ1n) is 4.39. The van der Waals surface area contributed by atoms with Crippen LogP contribution in [0.5, 0.6) is 0 Å². The minimum atomic E-state index is -4.62. The van der Waals surface area contributed by atoms with Crippen LogP contribution in [0.4, 0.5) is 18.9 Å². The molecule has 1 aromatic carbocycles. The van der Waals surface area contributed by atoms with Crippen molar-refractivity contribution in [1.82, 2.24) is 0 Å². The second-order valence-corrected chi connectivity index (χ2v) is 4.55. The quantitative estimate of drug-likeness (QED) is 0.626. The summed E-state index contributed by atoms with van der Waals surface area (Å²) in [5.74, 6) is 0. The van der Waals surface area contributed by atoms with Crippen LogP contribution >= 0.6 is 39.1 Å². The van der Waals surface area contributed by atoms with E-state index < -0.39 is 13.0 Å². The lowest BCUT2D eigenvalue weighted by atomic mass is 10.3. The number of nitrogens with one attached hydrogen (secondary N) is 1. The molecule has 0 spiro atoms. The van der Waals surface area contributed by atoms with Crippen molar-refractivity contribution >= 4 is 44.8 Å². The summed E-state index contributed by atoms with van der Waals surface area (Å²) >= 11 is 14.9. The van der Waals surface area contributed by atoms with Gasteiger partial charge in [-0.3, -0.25) is 4.74 Å². The molecule has 1 aromatic rings. The molecule has 0 saturated heterocycles. The van der Waals surface area contributed by atoms with Gasteiger partial charge in [0.1, 0.15) is 0 Å². The van der Waals surface area contributed by atoms with E-state index >= 15 is 0 Å². The Balaban J connectivity index is 2.51. The molecule has 1 rings (SSSR count). The molecule has 0 aromatic heterocycles. The maximum atomic E-state index is 11.7. The van der Waals surface area contributed by atoms with Crippen LogP contribution in [0, 0.1) is 0 Å². The molecule has 0 fully saturated rings. The van der Waals surface area contributed by atoms with Gasteiger partial charge in [-0.2, -0.15) is 0 Å². The number of anilines is 1. The molecular formula is C9H7BrCl2F3NO. The van der Waals surface area contributed by atoms with Crippen LogP contribution < -0.4 is 5.32 Å². The normalized spacial score (nSPS) is 11.6. The van der Waals surface area contributed by atoms with Crippen molar-refractivity contribution in [2.45, 2.75) is 6.36 Å². The molecule has 8 heteroatoms. The van der Waals surface area contributed by atoms with Crippen molar-refractivity contribution < 1.29 is 17.9 Å². The number of rotatable bonds is 4. The van der Waals surface area contributed by atoms with E-state index in [4.69, 9.17) is 23.2 Å². The van der Waals surface area contributed by atoms with E-state index in [1.54, 1.807) is 12.1 Å². The molecule has 0 aliphatic carbocycles. The van der Waals surface area contributed by atoms with Crippen molar-refractivity contribution in [2.24, 2.45) is 0 Å². The third-order valence-electron chi connectivity index (χ3n) is 1.72. The van der Waals surface area contributed by atoms with E-state index in [9.17, 15) is 13.2 Å². The molecule has 0 amide bonds. The Hall–Kier alpha value is -0.170. The summed E-state index contributed by atoms with van der Waals surface area (Å²) < 4.78 is 39.2. The van der Waals surface area contributed by atoms with E-state index in [1.165, 1.54) is 0 Å². The minimum absolute atomic E-state index is 0.0306. The van der Waals surface area contributed by atoms with Gasteiger partial charge in [-0.1, -0.05) is 23.2 Å². The standard InChI is InChI=1S/C9H7BrCl2F3NO/c10-5-1-2-6(8(12)7(5)11)16-3-4-17-9(13,14)15/h1-2,16H,3-4H2. The lowest BCUT2D eigenvalue weighted by Gasteiger charge is -2.11. The van der Waals surface area contributed by atoms with Gasteiger partial charge in [0.05, 0.1) is 22.3 Å². The molecule has 0 bridgehead atoms. The molecule has 0 aliphatic rings. The number of hydrogen-bond donors (Lipinski definition) is 1. The van der Waals surface area contributed by atoms with Gasteiger partial charge >= 0.3 is 6.36 Å². The first-order valence-corrected chi connectivity index (χ1v) is 5.94. The zero-order valence-electron chi connectivity index (χ0n) is 8.24. The van der Waals surface area contributed by atoms with Gasteiger partial charge < -0.3 is 5.32 Å². The molecule has 0 heterocycles. The van der Waals surface area contributed by atoms with Crippen molar-refractivity contribution in [1.29, 1.82) is 0 Å². The van der Waals surface area contributed by atoms with Crippen molar-refractivity contribution in [2.75, 3.05) is 18.5 Å². The van der Waals surface area contributed by atoms with Crippen molar-refractivity contribution in [3.05, 3.63) is 26.7 Å². The molecule has 96 valence electrons. The van der Waals surface area contributed by atoms with Crippen LogP contribution in [-0.2, 0) is 4.74 Å². The molecule has 0 aliphatic heterocycles. The number of benzene rings is 1. The maximum Gasteiger partial charge on any atom is 0.522 e. The fourth-order valence-corrected chi connectivity index (χ4v) is 1.86. The van der Waals surface area contributed by atoms with Crippen LogP contribution in [0.1, 0.15) is 0 Å². The summed E-state index contributed by atoms with van der Waals surface area (Å²) in [6.45, 7) is -0.537. The fraction of sp³-hybridized carbons (Fsp3) is 0.333. The Morgan fingerprint density at radius 3 is 2.47 bits per heavy atom. The topological polar surface area (TPSA) is 21.3 Å². The molecule has 0 unspecified atom stereocenters. The maximum absolute atomic E-state index is 11.7. The SMILES string of the molecule is FC(F)(F)OCCNc1ccc(Br)c(Cl)c1Cl. The molecular weight excluding hydrogens is 346 g/mol. The van der Waals surface area contributed by atoms with Crippen molar-refractivity contribution in [3.8, 4) is 0 Å². The highest BCUT2D eigenvalue weighted by atomic mass is 79.9. The number of ether oxygens (including phenoxy) is 1. The van der Waals surface area contributed by atoms with Gasteiger partial charge in [0.25, 0.3) is 0 Å². The lowest BCUT2D eigenvalue weighted by Crippen LogP contribution is -2.19. The summed E-state index contributed by atoms with van der Waals surface area (Å²) in [6, 6.07) is 3.24. The Bertz CT molecular complexity index is 401. The van der Waals surface area contributed by atoms with E-state index in [2.05, 4.69) is 26.0 Å². The highest BCUT2D eigenvalue weighted by Crippen LogP contribution is 2.35. The highest BCUT2D eigenvalue weighted by Gasteiger charge is 2.28. The first kappa shape index (κ1) is 14.9. The number of alkyl halides is 3. The second kappa shape index (κ2) is 6.13. The average molecular weight is 353 g/mol. The largest absolute Gasteiger partial charge is 0.522 e. The smallest absolute Gasteiger partial charge is 0.381 e. The monoisotopic (exact) mass is 351 g/mol. The molecule has 0 atom stereocenters. The molecule has 0 saturated carbocycles. The average Bonchev–Trinajstić information content (AvgIpc) is 2.22. The van der Waals surface area contributed by atoms with E-state index in [-0.39, 0.29) is 11.6 Å². The lowest BCUT2D eigenvalue weighted by molar-refractivity contribution is -0.322. The number of halogens is 6. The second-order valence-electron chi connectivity index (χ2n) is 2.94. The van der Waals surface area contributed by atoms with Gasteiger partial charge in [-0.05, 0) is 28.1 Å². The summed E-state index contributed by atoms with van der Waals surface area (Å²) in [5, 5.41) is 3.23. The Kier molecular flexibility index (Phi) is 5.37. The van der Waals surface area contributed by atoms with Crippen LogP contribution in [0.15, 0.2) is 16.6 Å². The van der Waals surface area contributed by atoms with Crippen molar-refractivity contribution in [3.63, 3.8) is 0 Å². The van der Waals surface area contributed by atoms with Gasteiger partial charge in [0, 0.05) is 11.0 Å². The molecule has 2 nitrogen and oxygen atoms in total. The van der Waals surface area contributed by atoms with Gasteiger partial charge in [-0.15, -0.1) is 13.2 Å². The third kappa shape index (κ3) is 4.91. The van der Waals surface area contributed by atoms with Gasteiger partial charge in [-0.25, -0.2) is 0 Å². The Morgan fingerprint density at radius 2 is 1.88 bits per heavy atom. The predicted octanol–water partition coefficient (Wildman–Crippen LogP) is 4.70. The first-order chi connectivity index (χ1) is 7.81. The summed E-state index contributed by atoms with van der Waals surface area (Å²) in [7, 11) is 0. The van der Waals surface area contributed by atoms with Crippen LogP contribution in [0.2, 0.25) is 10.0 Å².